The number of alkyl halides is 1. The average molecular weight is 302 g/mol. The number of amides is 1. The van der Waals surface area contributed by atoms with Crippen LogP contribution in [0.3, 0.4) is 0 Å². The van der Waals surface area contributed by atoms with E-state index in [1.54, 1.807) is 0 Å². The zero-order valence-electron chi connectivity index (χ0n) is 9.70. The van der Waals surface area contributed by atoms with E-state index in [0.717, 1.165) is 18.2 Å². The predicted octanol–water partition coefficient (Wildman–Crippen LogP) is 1.31. The van der Waals surface area contributed by atoms with Crippen LogP contribution in [0.4, 0.5) is 0 Å². The van der Waals surface area contributed by atoms with Gasteiger partial charge in [0.1, 0.15) is 5.69 Å². The SMILES string of the molecule is CC(CBr)CCCNC(=O)c1ccc(=O)[nH]n1. The van der Waals surface area contributed by atoms with Crippen LogP contribution in [-0.2, 0) is 0 Å². The molecule has 0 spiro atoms. The van der Waals surface area contributed by atoms with E-state index in [2.05, 4.69) is 38.4 Å². The Bertz CT molecular complexity index is 399. The molecule has 94 valence electrons. The molecular weight excluding hydrogens is 286 g/mol. The zero-order chi connectivity index (χ0) is 12.7. The Kier molecular flexibility index (Phi) is 5.90. The molecule has 1 aromatic heterocycles. The van der Waals surface area contributed by atoms with Crippen LogP contribution in [0.15, 0.2) is 16.9 Å². The van der Waals surface area contributed by atoms with Gasteiger partial charge >= 0.3 is 0 Å². The fraction of sp³-hybridized carbons (Fsp3) is 0.545. The highest BCUT2D eigenvalue weighted by Crippen LogP contribution is 2.07. The number of carbonyl (C=O) groups excluding carboxylic acids is 1. The van der Waals surface area contributed by atoms with Crippen LogP contribution in [0, 0.1) is 5.92 Å². The molecule has 0 bridgehead atoms. The van der Waals surface area contributed by atoms with Crippen molar-refractivity contribution in [2.24, 2.45) is 5.92 Å². The van der Waals surface area contributed by atoms with Gasteiger partial charge in [-0.2, -0.15) is 5.10 Å². The molecule has 0 radical (unpaired) electrons. The molecule has 1 atom stereocenters. The summed E-state index contributed by atoms with van der Waals surface area (Å²) >= 11 is 3.41. The van der Waals surface area contributed by atoms with E-state index in [-0.39, 0.29) is 17.2 Å². The third-order valence-corrected chi connectivity index (χ3v) is 3.44. The van der Waals surface area contributed by atoms with Crippen LogP contribution in [0.1, 0.15) is 30.3 Å². The Morgan fingerprint density at radius 3 is 2.94 bits per heavy atom. The van der Waals surface area contributed by atoms with E-state index in [1.165, 1.54) is 12.1 Å². The first-order valence-corrected chi connectivity index (χ1v) is 6.65. The Morgan fingerprint density at radius 1 is 1.59 bits per heavy atom. The first kappa shape index (κ1) is 13.9. The number of nitrogens with zero attached hydrogens (tertiary/aromatic N) is 1. The second-order valence-electron chi connectivity index (χ2n) is 3.96. The zero-order valence-corrected chi connectivity index (χ0v) is 11.3. The summed E-state index contributed by atoms with van der Waals surface area (Å²) in [6, 6.07) is 2.70. The lowest BCUT2D eigenvalue weighted by Gasteiger charge is -2.07. The summed E-state index contributed by atoms with van der Waals surface area (Å²) in [5.41, 5.74) is -0.0779. The number of rotatable bonds is 6. The van der Waals surface area contributed by atoms with Crippen molar-refractivity contribution in [3.63, 3.8) is 0 Å². The van der Waals surface area contributed by atoms with Gasteiger partial charge in [-0.05, 0) is 24.8 Å². The summed E-state index contributed by atoms with van der Waals surface area (Å²) in [7, 11) is 0. The molecule has 2 N–H and O–H groups in total. The molecule has 1 unspecified atom stereocenters. The topological polar surface area (TPSA) is 74.8 Å². The van der Waals surface area contributed by atoms with E-state index < -0.39 is 0 Å². The molecule has 1 aromatic rings. The fourth-order valence-electron chi connectivity index (χ4n) is 1.29. The van der Waals surface area contributed by atoms with Crippen LogP contribution < -0.4 is 10.9 Å². The maximum absolute atomic E-state index is 11.6. The van der Waals surface area contributed by atoms with Crippen molar-refractivity contribution in [3.8, 4) is 0 Å². The molecular formula is C11H16BrN3O2. The molecule has 0 aliphatic rings. The van der Waals surface area contributed by atoms with Gasteiger partial charge in [0, 0.05) is 17.9 Å². The molecule has 1 amide bonds. The number of halogens is 1. The highest BCUT2D eigenvalue weighted by atomic mass is 79.9. The van der Waals surface area contributed by atoms with Gasteiger partial charge in [-0.3, -0.25) is 9.59 Å². The Hall–Kier alpha value is -1.17. The largest absolute Gasteiger partial charge is 0.351 e. The normalized spacial score (nSPS) is 12.1. The Morgan fingerprint density at radius 2 is 2.35 bits per heavy atom. The van der Waals surface area contributed by atoms with Gasteiger partial charge in [0.05, 0.1) is 0 Å². The molecule has 6 heteroatoms. The summed E-state index contributed by atoms with van der Waals surface area (Å²) in [5.74, 6) is 0.353. The van der Waals surface area contributed by atoms with Crippen molar-refractivity contribution in [1.29, 1.82) is 0 Å². The van der Waals surface area contributed by atoms with Gasteiger partial charge in [0.25, 0.3) is 11.5 Å². The lowest BCUT2D eigenvalue weighted by molar-refractivity contribution is 0.0946. The number of aromatic nitrogens is 2. The van der Waals surface area contributed by atoms with Crippen molar-refractivity contribution in [1.82, 2.24) is 15.5 Å². The van der Waals surface area contributed by atoms with E-state index >= 15 is 0 Å². The third kappa shape index (κ3) is 5.12. The number of carbonyl (C=O) groups is 1. The van der Waals surface area contributed by atoms with E-state index in [4.69, 9.17) is 0 Å². The molecule has 0 saturated carbocycles. The predicted molar refractivity (Wildman–Crippen MR) is 69.4 cm³/mol. The van der Waals surface area contributed by atoms with Crippen LogP contribution >= 0.6 is 15.9 Å². The minimum absolute atomic E-state index is 0.234. The summed E-state index contributed by atoms with van der Waals surface area (Å²) < 4.78 is 0. The first-order chi connectivity index (χ1) is 8.13. The monoisotopic (exact) mass is 301 g/mol. The van der Waals surface area contributed by atoms with Gasteiger partial charge in [0.2, 0.25) is 0 Å². The van der Waals surface area contributed by atoms with Crippen LogP contribution in [0.5, 0.6) is 0 Å². The van der Waals surface area contributed by atoms with Crippen LogP contribution in [0.25, 0.3) is 0 Å². The molecule has 5 nitrogen and oxygen atoms in total. The third-order valence-electron chi connectivity index (χ3n) is 2.33. The maximum atomic E-state index is 11.6. The van der Waals surface area contributed by atoms with E-state index in [0.29, 0.717) is 12.5 Å². The fourth-order valence-corrected chi connectivity index (χ4v) is 1.61. The molecule has 0 aliphatic carbocycles. The van der Waals surface area contributed by atoms with Gasteiger partial charge in [0.15, 0.2) is 0 Å². The van der Waals surface area contributed by atoms with Crippen molar-refractivity contribution in [2.75, 3.05) is 11.9 Å². The molecule has 17 heavy (non-hydrogen) atoms. The lowest BCUT2D eigenvalue weighted by atomic mass is 10.1. The smallest absolute Gasteiger partial charge is 0.271 e. The van der Waals surface area contributed by atoms with Crippen LogP contribution in [0.2, 0.25) is 0 Å². The summed E-state index contributed by atoms with van der Waals surface area (Å²) in [4.78, 5) is 22.3. The van der Waals surface area contributed by atoms with Crippen molar-refractivity contribution < 1.29 is 4.79 Å². The van der Waals surface area contributed by atoms with Crippen molar-refractivity contribution >= 4 is 21.8 Å². The Labute approximate surface area is 108 Å². The number of aromatic amines is 1. The standard InChI is InChI=1S/C11H16BrN3O2/c1-8(7-12)3-2-6-13-11(17)9-4-5-10(16)15-14-9/h4-5,8H,2-3,6-7H2,1H3,(H,13,17)(H,15,16). The number of hydrogen-bond acceptors (Lipinski definition) is 3. The quantitative estimate of drug-likeness (QED) is 0.614. The van der Waals surface area contributed by atoms with Gasteiger partial charge < -0.3 is 5.32 Å². The minimum Gasteiger partial charge on any atom is -0.351 e. The van der Waals surface area contributed by atoms with Crippen molar-refractivity contribution in [2.45, 2.75) is 19.8 Å². The van der Waals surface area contributed by atoms with Gasteiger partial charge in [-0.15, -0.1) is 0 Å². The van der Waals surface area contributed by atoms with Gasteiger partial charge in [-0.1, -0.05) is 22.9 Å². The first-order valence-electron chi connectivity index (χ1n) is 5.53. The second-order valence-corrected chi connectivity index (χ2v) is 4.61. The molecule has 0 fully saturated rings. The molecule has 0 aliphatic heterocycles. The van der Waals surface area contributed by atoms with Crippen LogP contribution in [-0.4, -0.2) is 28.0 Å². The maximum Gasteiger partial charge on any atom is 0.271 e. The molecule has 0 aromatic carbocycles. The molecule has 0 saturated heterocycles. The van der Waals surface area contributed by atoms with Crippen molar-refractivity contribution in [3.05, 3.63) is 28.2 Å². The number of nitrogens with one attached hydrogen (secondary N) is 2. The number of H-pyrrole nitrogens is 1. The lowest BCUT2D eigenvalue weighted by Crippen LogP contribution is -2.26. The van der Waals surface area contributed by atoms with E-state index in [9.17, 15) is 9.59 Å². The molecule has 1 heterocycles. The Balaban J connectivity index is 2.30. The average Bonchev–Trinajstić information content (AvgIpc) is 2.34. The highest BCUT2D eigenvalue weighted by molar-refractivity contribution is 9.09. The number of hydrogen-bond donors (Lipinski definition) is 2. The molecule has 1 rings (SSSR count). The highest BCUT2D eigenvalue weighted by Gasteiger charge is 2.06. The van der Waals surface area contributed by atoms with Gasteiger partial charge in [-0.25, -0.2) is 5.10 Å². The van der Waals surface area contributed by atoms with E-state index in [1.807, 2.05) is 0 Å². The summed E-state index contributed by atoms with van der Waals surface area (Å²) in [6.07, 6.45) is 1.99. The summed E-state index contributed by atoms with van der Waals surface area (Å²) in [5, 5.41) is 9.61. The summed E-state index contributed by atoms with van der Waals surface area (Å²) in [6.45, 7) is 2.77. The minimum atomic E-state index is -0.312. The second kappa shape index (κ2) is 7.21.